The first kappa shape index (κ1) is 11.3. The van der Waals surface area contributed by atoms with Gasteiger partial charge < -0.3 is 5.32 Å². The van der Waals surface area contributed by atoms with Crippen LogP contribution in [-0.4, -0.2) is 23.9 Å². The number of hydrogen-bond donors (Lipinski definition) is 2. The summed E-state index contributed by atoms with van der Waals surface area (Å²) in [5, 5.41) is 4.12. The monoisotopic (exact) mass is 218 g/mol. The summed E-state index contributed by atoms with van der Waals surface area (Å²) in [6.45, 7) is 4.23. The van der Waals surface area contributed by atoms with Gasteiger partial charge in [-0.25, -0.2) is 4.79 Å². The maximum Gasteiger partial charge on any atom is 0.321 e. The summed E-state index contributed by atoms with van der Waals surface area (Å²) in [7, 11) is 0. The minimum absolute atomic E-state index is 0.243. The molecule has 1 unspecified atom stereocenters. The number of hydrogen-bond acceptors (Lipinski definition) is 2. The van der Waals surface area contributed by atoms with Gasteiger partial charge in [-0.1, -0.05) is 6.92 Å². The largest absolute Gasteiger partial charge is 0.337 e. The maximum absolute atomic E-state index is 11.1. The van der Waals surface area contributed by atoms with Crippen molar-refractivity contribution in [1.29, 1.82) is 0 Å². The molecule has 80 valence electrons. The Hall–Kier alpha value is -0.770. The number of urea groups is 1. The number of alkyl halides is 1. The van der Waals surface area contributed by atoms with Gasteiger partial charge in [-0.15, -0.1) is 11.6 Å². The lowest BCUT2D eigenvalue weighted by molar-refractivity contribution is -0.119. The fraction of sp³-hybridized carbons (Fsp3) is 0.778. The van der Waals surface area contributed by atoms with Crippen LogP contribution in [0.25, 0.3) is 0 Å². The van der Waals surface area contributed by atoms with Crippen LogP contribution in [0.15, 0.2) is 0 Å². The summed E-state index contributed by atoms with van der Waals surface area (Å²) in [6, 6.07) is -0.462. The van der Waals surface area contributed by atoms with Gasteiger partial charge >= 0.3 is 6.03 Å². The van der Waals surface area contributed by atoms with Gasteiger partial charge in [0.15, 0.2) is 0 Å². The molecule has 3 amide bonds. The SMILES string of the molecule is CC(Cl)C(=O)NC(=O)NCC1(C)CC1. The zero-order valence-electron chi connectivity index (χ0n) is 8.39. The third-order valence-electron chi connectivity index (χ3n) is 2.38. The van der Waals surface area contributed by atoms with Crippen molar-refractivity contribution in [3.63, 3.8) is 0 Å². The fourth-order valence-corrected chi connectivity index (χ4v) is 0.994. The standard InChI is InChI=1S/C9H15ClN2O2/c1-6(10)7(13)12-8(14)11-5-9(2)3-4-9/h6H,3-5H2,1-2H3,(H2,11,12,13,14). The van der Waals surface area contributed by atoms with E-state index in [4.69, 9.17) is 11.6 Å². The van der Waals surface area contributed by atoms with Gasteiger partial charge in [0.1, 0.15) is 5.38 Å². The van der Waals surface area contributed by atoms with E-state index in [1.807, 2.05) is 0 Å². The summed E-state index contributed by atoms with van der Waals surface area (Å²) < 4.78 is 0. The molecule has 1 saturated carbocycles. The second-order valence-electron chi connectivity index (χ2n) is 4.10. The Balaban J connectivity index is 2.19. The Morgan fingerprint density at radius 2 is 2.07 bits per heavy atom. The lowest BCUT2D eigenvalue weighted by atomic mass is 10.1. The smallest absolute Gasteiger partial charge is 0.321 e. The Bertz CT molecular complexity index is 249. The number of carbonyl (C=O) groups excluding carboxylic acids is 2. The quantitative estimate of drug-likeness (QED) is 0.701. The first-order valence-corrected chi connectivity index (χ1v) is 5.09. The highest BCUT2D eigenvalue weighted by Gasteiger charge is 2.37. The summed E-state index contributed by atoms with van der Waals surface area (Å²) in [5.74, 6) is -0.467. The van der Waals surface area contributed by atoms with Crippen LogP contribution in [-0.2, 0) is 4.79 Å². The van der Waals surface area contributed by atoms with Crippen LogP contribution in [0.5, 0.6) is 0 Å². The van der Waals surface area contributed by atoms with E-state index < -0.39 is 17.3 Å². The molecule has 1 atom stereocenters. The first-order valence-electron chi connectivity index (χ1n) is 4.66. The number of rotatable bonds is 3. The fourth-order valence-electron chi connectivity index (χ4n) is 0.939. The number of halogens is 1. The van der Waals surface area contributed by atoms with Crippen LogP contribution in [0, 0.1) is 5.41 Å². The van der Waals surface area contributed by atoms with E-state index in [2.05, 4.69) is 17.6 Å². The Morgan fingerprint density at radius 1 is 1.50 bits per heavy atom. The molecule has 0 heterocycles. The van der Waals surface area contributed by atoms with Crippen molar-refractivity contribution < 1.29 is 9.59 Å². The molecule has 0 radical (unpaired) electrons. The van der Waals surface area contributed by atoms with Crippen LogP contribution < -0.4 is 10.6 Å². The molecule has 14 heavy (non-hydrogen) atoms. The van der Waals surface area contributed by atoms with Gasteiger partial charge in [-0.2, -0.15) is 0 Å². The average molecular weight is 219 g/mol. The number of carbonyl (C=O) groups is 2. The lowest BCUT2D eigenvalue weighted by Crippen LogP contribution is -2.43. The molecule has 5 heteroatoms. The molecule has 0 aromatic rings. The van der Waals surface area contributed by atoms with Gasteiger partial charge in [0, 0.05) is 6.54 Å². The minimum atomic E-state index is -0.683. The predicted octanol–water partition coefficient (Wildman–Crippen LogP) is 1.24. The highest BCUT2D eigenvalue weighted by atomic mass is 35.5. The van der Waals surface area contributed by atoms with Crippen molar-refractivity contribution in [2.45, 2.75) is 32.1 Å². The van der Waals surface area contributed by atoms with E-state index in [1.165, 1.54) is 6.92 Å². The molecule has 4 nitrogen and oxygen atoms in total. The van der Waals surface area contributed by atoms with Crippen molar-refractivity contribution in [1.82, 2.24) is 10.6 Å². The molecule has 0 aliphatic heterocycles. The molecule has 0 aromatic heterocycles. The molecule has 1 fully saturated rings. The van der Waals surface area contributed by atoms with E-state index >= 15 is 0 Å². The number of amides is 3. The van der Waals surface area contributed by atoms with E-state index in [9.17, 15) is 9.59 Å². The molecular formula is C9H15ClN2O2. The Kier molecular flexibility index (Phi) is 3.37. The second-order valence-corrected chi connectivity index (χ2v) is 4.75. The molecule has 0 spiro atoms. The number of imide groups is 1. The van der Waals surface area contributed by atoms with E-state index in [0.717, 1.165) is 12.8 Å². The van der Waals surface area contributed by atoms with E-state index in [1.54, 1.807) is 0 Å². The van der Waals surface area contributed by atoms with Crippen LogP contribution in [0.2, 0.25) is 0 Å². The topological polar surface area (TPSA) is 58.2 Å². The summed E-state index contributed by atoms with van der Waals surface area (Å²) in [4.78, 5) is 22.1. The van der Waals surface area contributed by atoms with E-state index in [-0.39, 0.29) is 5.41 Å². The zero-order chi connectivity index (χ0) is 10.8. The summed E-state index contributed by atoms with van der Waals surface area (Å²) >= 11 is 5.48. The summed E-state index contributed by atoms with van der Waals surface area (Å²) in [6.07, 6.45) is 2.26. The van der Waals surface area contributed by atoms with Crippen molar-refractivity contribution in [3.05, 3.63) is 0 Å². The van der Waals surface area contributed by atoms with Crippen LogP contribution in [0.4, 0.5) is 4.79 Å². The van der Waals surface area contributed by atoms with Crippen LogP contribution >= 0.6 is 11.6 Å². The van der Waals surface area contributed by atoms with Crippen LogP contribution in [0.1, 0.15) is 26.7 Å². The minimum Gasteiger partial charge on any atom is -0.337 e. The van der Waals surface area contributed by atoms with Gasteiger partial charge in [0.05, 0.1) is 0 Å². The van der Waals surface area contributed by atoms with Gasteiger partial charge in [-0.05, 0) is 25.2 Å². The third kappa shape index (κ3) is 3.54. The maximum atomic E-state index is 11.1. The van der Waals surface area contributed by atoms with Crippen molar-refractivity contribution in [2.24, 2.45) is 5.41 Å². The molecule has 1 aliphatic rings. The lowest BCUT2D eigenvalue weighted by Gasteiger charge is -2.10. The molecule has 0 saturated heterocycles. The highest BCUT2D eigenvalue weighted by molar-refractivity contribution is 6.31. The van der Waals surface area contributed by atoms with Crippen molar-refractivity contribution in [2.75, 3.05) is 6.54 Å². The van der Waals surface area contributed by atoms with Gasteiger partial charge in [0.2, 0.25) is 5.91 Å². The van der Waals surface area contributed by atoms with Gasteiger partial charge in [-0.3, -0.25) is 10.1 Å². The molecule has 1 aliphatic carbocycles. The van der Waals surface area contributed by atoms with Crippen molar-refractivity contribution >= 4 is 23.5 Å². The van der Waals surface area contributed by atoms with Crippen molar-refractivity contribution in [3.8, 4) is 0 Å². The molecule has 2 N–H and O–H groups in total. The van der Waals surface area contributed by atoms with Crippen LogP contribution in [0.3, 0.4) is 0 Å². The third-order valence-corrected chi connectivity index (χ3v) is 2.58. The molecular weight excluding hydrogens is 204 g/mol. The summed E-state index contributed by atoms with van der Waals surface area (Å²) in [5.41, 5.74) is 0.243. The number of nitrogens with one attached hydrogen (secondary N) is 2. The van der Waals surface area contributed by atoms with E-state index in [0.29, 0.717) is 6.54 Å². The zero-order valence-corrected chi connectivity index (χ0v) is 9.15. The van der Waals surface area contributed by atoms with Gasteiger partial charge in [0.25, 0.3) is 0 Å². The second kappa shape index (κ2) is 4.17. The Labute approximate surface area is 88.4 Å². The normalized spacial score (nSPS) is 19.6. The molecule has 0 aromatic carbocycles. The molecule has 0 bridgehead atoms. The highest BCUT2D eigenvalue weighted by Crippen LogP contribution is 2.43. The first-order chi connectivity index (χ1) is 6.43. The average Bonchev–Trinajstić information content (AvgIpc) is 2.81. The predicted molar refractivity (Wildman–Crippen MR) is 54.2 cm³/mol. The Morgan fingerprint density at radius 3 is 2.50 bits per heavy atom. The molecule has 1 rings (SSSR count).